The van der Waals surface area contributed by atoms with Crippen molar-refractivity contribution < 1.29 is 44.1 Å². The highest BCUT2D eigenvalue weighted by atomic mass is 35.5. The van der Waals surface area contributed by atoms with Crippen LogP contribution >= 0.6 is 46.4 Å². The van der Waals surface area contributed by atoms with Gasteiger partial charge >= 0.3 is 25.0 Å². The van der Waals surface area contributed by atoms with Gasteiger partial charge in [0.1, 0.15) is 11.4 Å². The first-order chi connectivity index (χ1) is 39.4. The van der Waals surface area contributed by atoms with Crippen LogP contribution in [0, 0.1) is 0 Å². The minimum Gasteiger partial charge on any atom is -0.478 e. The van der Waals surface area contributed by atoms with Crippen LogP contribution in [-0.2, 0) is 9.47 Å². The summed E-state index contributed by atoms with van der Waals surface area (Å²) in [6.45, 7) is 12.4. The van der Waals surface area contributed by atoms with Gasteiger partial charge in [-0.15, -0.1) is 0 Å². The summed E-state index contributed by atoms with van der Waals surface area (Å²) < 4.78 is 9.50. The van der Waals surface area contributed by atoms with Crippen molar-refractivity contribution >= 4 is 127 Å². The number of fused-ring (bicyclic) bond motifs is 3. The van der Waals surface area contributed by atoms with Gasteiger partial charge in [-0.2, -0.15) is 0 Å². The Labute approximate surface area is 509 Å². The summed E-state index contributed by atoms with van der Waals surface area (Å²) in [7, 11) is 8.12. The van der Waals surface area contributed by atoms with Gasteiger partial charge in [0.05, 0.1) is 64.0 Å². The number of methoxy groups -OCH3 is 2. The van der Waals surface area contributed by atoms with Gasteiger partial charge in [0.15, 0.2) is 22.6 Å². The summed E-state index contributed by atoms with van der Waals surface area (Å²) in [6, 6.07) is 37.0. The van der Waals surface area contributed by atoms with Gasteiger partial charge < -0.3 is 44.4 Å². The highest BCUT2D eigenvalue weighted by Gasteiger charge is 2.21. The van der Waals surface area contributed by atoms with Crippen molar-refractivity contribution in [1.82, 2.24) is 29.9 Å². The number of aliphatic hydroxyl groups excluding tert-OH is 1. The van der Waals surface area contributed by atoms with Gasteiger partial charge in [0.2, 0.25) is 0 Å². The third-order valence-electron chi connectivity index (χ3n) is 12.7. The minimum absolute atomic E-state index is 0. The molecule has 0 fully saturated rings. The molecular weight excluding hydrogens is 1160 g/mol. The van der Waals surface area contributed by atoms with Crippen molar-refractivity contribution in [2.45, 2.75) is 67.1 Å². The maximum Gasteiger partial charge on any atom is 0.488 e. The normalized spacial score (nSPS) is 10.5. The SMILES string of the molecule is C.CC(C)N(C)c1nc2cc(C(=O)O)ccc2nc1-c1ccc(Cl)cc1.CO.COC(=O)c1ccc2nc(-c3ccc(Cl)cc3)c(N(C)C(C)C)nc2c1.COC(=O)c1ccc2nc(Cl)c(N(C)C(C)C)nc2c1.OB(O)c1ccc(Cl)cc1. The molecular formula is C61H68BCl4N9O9. The lowest BCUT2D eigenvalue weighted by Crippen LogP contribution is -2.29. The number of esters is 2. The Hall–Kier alpha value is -7.75. The zero-order chi connectivity index (χ0) is 61.4. The largest absolute Gasteiger partial charge is 0.488 e. The Balaban J connectivity index is 0.000000246. The van der Waals surface area contributed by atoms with E-state index < -0.39 is 25.0 Å². The summed E-state index contributed by atoms with van der Waals surface area (Å²) in [5.74, 6) is 0.265. The second kappa shape index (κ2) is 31.8. The molecule has 0 saturated heterocycles. The molecule has 23 heteroatoms. The number of halogens is 4. The molecule has 9 rings (SSSR count). The number of hydrogen-bond acceptors (Lipinski definition) is 17. The van der Waals surface area contributed by atoms with Gasteiger partial charge in [0.25, 0.3) is 0 Å². The highest BCUT2D eigenvalue weighted by molar-refractivity contribution is 6.58. The smallest absolute Gasteiger partial charge is 0.478 e. The van der Waals surface area contributed by atoms with E-state index in [-0.39, 0.29) is 31.1 Å². The molecule has 0 aliphatic rings. The van der Waals surface area contributed by atoms with Crippen molar-refractivity contribution in [3.63, 3.8) is 0 Å². The maximum atomic E-state index is 11.8. The molecule has 0 bridgehead atoms. The molecule has 0 saturated carbocycles. The van der Waals surface area contributed by atoms with Crippen molar-refractivity contribution in [2.75, 3.05) is 57.2 Å². The number of aliphatic hydroxyl groups is 1. The summed E-state index contributed by atoms with van der Waals surface area (Å²) in [5.41, 5.74) is 8.70. The van der Waals surface area contributed by atoms with Crippen molar-refractivity contribution in [2.24, 2.45) is 0 Å². The maximum absolute atomic E-state index is 11.8. The molecule has 0 unspecified atom stereocenters. The van der Waals surface area contributed by atoms with Gasteiger partial charge in [0, 0.05) is 72.6 Å². The van der Waals surface area contributed by atoms with Crippen LogP contribution in [0.2, 0.25) is 20.2 Å². The quantitative estimate of drug-likeness (QED) is 0.0657. The fraction of sp³-hybridized carbons (Fsp3) is 0.262. The summed E-state index contributed by atoms with van der Waals surface area (Å²) in [6.07, 6.45) is 0. The summed E-state index contributed by atoms with van der Waals surface area (Å²) in [4.78, 5) is 68.4. The van der Waals surface area contributed by atoms with Crippen LogP contribution in [0.1, 0.15) is 80.0 Å². The van der Waals surface area contributed by atoms with E-state index in [1.165, 1.54) is 20.3 Å². The number of benzene rings is 6. The van der Waals surface area contributed by atoms with Gasteiger partial charge in [-0.1, -0.05) is 90.2 Å². The van der Waals surface area contributed by atoms with Crippen molar-refractivity contribution in [3.8, 4) is 22.5 Å². The molecule has 6 aromatic carbocycles. The monoisotopic (exact) mass is 1220 g/mol. The topological polar surface area (TPSA) is 238 Å². The Bertz CT molecular complexity index is 3680. The van der Waals surface area contributed by atoms with Crippen LogP contribution in [0.3, 0.4) is 0 Å². The molecule has 3 aromatic heterocycles. The van der Waals surface area contributed by atoms with Crippen LogP contribution < -0.4 is 20.2 Å². The number of carboxylic acid groups (broad SMARTS) is 1. The second-order valence-electron chi connectivity index (χ2n) is 19.1. The van der Waals surface area contributed by atoms with Crippen LogP contribution in [-0.4, -0.2) is 136 Å². The van der Waals surface area contributed by atoms with Gasteiger partial charge in [-0.3, -0.25) is 0 Å². The fourth-order valence-corrected chi connectivity index (χ4v) is 8.07. The molecule has 84 heavy (non-hydrogen) atoms. The number of carboxylic acids is 1. The molecule has 442 valence electrons. The molecule has 0 amide bonds. The van der Waals surface area contributed by atoms with Crippen LogP contribution in [0.25, 0.3) is 55.6 Å². The number of ether oxygens (including phenoxy) is 2. The number of aromatic nitrogens is 6. The van der Waals surface area contributed by atoms with E-state index >= 15 is 0 Å². The van der Waals surface area contributed by atoms with Crippen molar-refractivity contribution in [1.29, 1.82) is 0 Å². The first kappa shape index (κ1) is 68.8. The molecule has 18 nitrogen and oxygen atoms in total. The third-order valence-corrected chi connectivity index (χ3v) is 13.7. The number of rotatable bonds is 12. The van der Waals surface area contributed by atoms with E-state index in [4.69, 9.17) is 91.0 Å². The minimum atomic E-state index is -1.41. The number of carbonyl (C=O) groups excluding carboxylic acids is 2. The molecule has 0 aliphatic carbocycles. The summed E-state index contributed by atoms with van der Waals surface area (Å²) >= 11 is 23.7. The molecule has 0 aliphatic heterocycles. The number of nitrogens with zero attached hydrogens (tertiary/aromatic N) is 9. The first-order valence-corrected chi connectivity index (χ1v) is 27.2. The van der Waals surface area contributed by atoms with Crippen LogP contribution in [0.15, 0.2) is 127 Å². The number of aromatic carboxylic acids is 1. The predicted octanol–water partition coefficient (Wildman–Crippen LogP) is 12.3. The van der Waals surface area contributed by atoms with E-state index in [9.17, 15) is 19.5 Å². The molecule has 0 atom stereocenters. The Morgan fingerprint density at radius 1 is 0.452 bits per heavy atom. The van der Waals surface area contributed by atoms with E-state index in [0.717, 1.165) is 35.4 Å². The molecule has 9 aromatic rings. The van der Waals surface area contributed by atoms with Gasteiger partial charge in [-0.25, -0.2) is 44.3 Å². The van der Waals surface area contributed by atoms with Crippen LogP contribution in [0.5, 0.6) is 0 Å². The average Bonchev–Trinajstić information content (AvgIpc) is 3.14. The molecule has 4 N–H and O–H groups in total. The van der Waals surface area contributed by atoms with E-state index in [1.54, 1.807) is 72.8 Å². The first-order valence-electron chi connectivity index (χ1n) is 25.7. The highest BCUT2D eigenvalue weighted by Crippen LogP contribution is 2.33. The van der Waals surface area contributed by atoms with Crippen LogP contribution in [0.4, 0.5) is 17.5 Å². The lowest BCUT2D eigenvalue weighted by atomic mass is 9.81. The average molecular weight is 1220 g/mol. The Kier molecular flexibility index (Phi) is 26.0. The van der Waals surface area contributed by atoms with E-state index in [2.05, 4.69) is 42.6 Å². The van der Waals surface area contributed by atoms with E-state index in [0.29, 0.717) is 81.5 Å². The fourth-order valence-electron chi connectivity index (χ4n) is 7.42. The number of carbonyl (C=O) groups is 3. The summed E-state index contributed by atoms with van der Waals surface area (Å²) in [5, 5.41) is 35.7. The number of anilines is 3. The van der Waals surface area contributed by atoms with Gasteiger partial charge in [-0.05, 0) is 138 Å². The number of hydrogen-bond donors (Lipinski definition) is 4. The predicted molar refractivity (Wildman–Crippen MR) is 341 cm³/mol. The molecule has 3 heterocycles. The lowest BCUT2D eigenvalue weighted by molar-refractivity contribution is 0.0592. The zero-order valence-corrected chi connectivity index (χ0v) is 50.8. The zero-order valence-electron chi connectivity index (χ0n) is 47.8. The van der Waals surface area contributed by atoms with E-state index in [1.807, 2.05) is 93.3 Å². The molecule has 0 spiro atoms. The Morgan fingerprint density at radius 2 is 0.762 bits per heavy atom. The van der Waals surface area contributed by atoms with Crippen molar-refractivity contribution in [3.05, 3.63) is 164 Å². The Morgan fingerprint density at radius 3 is 1.10 bits per heavy atom. The third kappa shape index (κ3) is 17.9. The second-order valence-corrected chi connectivity index (χ2v) is 20.7. The standard InChI is InChI=1S/C20H20ClN3O2.C19H18ClN3O2.C14H16ClN3O2.C6H6BClO2.CH4O.CH4/c1-12(2)24(3)19-18(13-5-8-15(21)9-6-13)22-16-10-7-14(20(25)26-4)11-17(16)23-19;1-11(2)23(3)18-17(12-4-7-14(20)8-5-12)21-15-9-6-13(19(24)25)10-16(15)22-18;1-8(2)18(3)13-12(15)16-10-6-5-9(14(19)20-4)7-11(10)17-13;8-6-3-1-5(2-4-6)7(9)10;1-2;/h5-12H,1-4H3;4-11H,1-3H3,(H,24,25);5-8H,1-4H3;1-4,9-10H;2H,1H3;1H4. The lowest BCUT2D eigenvalue weighted by Gasteiger charge is -2.25. The molecule has 0 radical (unpaired) electrons.